The van der Waals surface area contributed by atoms with Crippen molar-refractivity contribution < 1.29 is 23.9 Å². The summed E-state index contributed by atoms with van der Waals surface area (Å²) in [4.78, 5) is 34.9. The molecule has 124 valence electrons. The number of amides is 1. The molecule has 7 nitrogen and oxygen atoms in total. The highest BCUT2D eigenvalue weighted by atomic mass is 16.5. The fraction of sp³-hybridized carbons (Fsp3) is 0.118. The SMILES string of the molecule is COC(=O)c1ccc(NC(=O)COC(=O)c2ccccc2N)cc1. The smallest absolute Gasteiger partial charge is 0.340 e. The monoisotopic (exact) mass is 328 g/mol. The van der Waals surface area contributed by atoms with Crippen molar-refractivity contribution in [3.05, 3.63) is 59.7 Å². The summed E-state index contributed by atoms with van der Waals surface area (Å²) in [5.41, 5.74) is 6.97. The predicted molar refractivity (Wildman–Crippen MR) is 87.5 cm³/mol. The maximum Gasteiger partial charge on any atom is 0.340 e. The second-order valence-corrected chi connectivity index (χ2v) is 4.78. The Labute approximate surface area is 138 Å². The van der Waals surface area contributed by atoms with Gasteiger partial charge in [-0.15, -0.1) is 0 Å². The molecule has 0 radical (unpaired) electrons. The third kappa shape index (κ3) is 4.33. The zero-order chi connectivity index (χ0) is 17.5. The molecule has 2 rings (SSSR count). The van der Waals surface area contributed by atoms with Gasteiger partial charge in [0.25, 0.3) is 5.91 Å². The summed E-state index contributed by atoms with van der Waals surface area (Å²) in [5, 5.41) is 2.55. The van der Waals surface area contributed by atoms with Gasteiger partial charge in [-0.25, -0.2) is 9.59 Å². The van der Waals surface area contributed by atoms with Gasteiger partial charge in [0, 0.05) is 11.4 Å². The second kappa shape index (κ2) is 7.77. The zero-order valence-electron chi connectivity index (χ0n) is 12.9. The predicted octanol–water partition coefficient (Wildman–Crippen LogP) is 1.85. The summed E-state index contributed by atoms with van der Waals surface area (Å²) < 4.78 is 9.50. The maximum atomic E-state index is 11.8. The molecule has 0 fully saturated rings. The third-order valence-electron chi connectivity index (χ3n) is 3.10. The van der Waals surface area contributed by atoms with Crippen molar-refractivity contribution in [2.24, 2.45) is 0 Å². The molecule has 7 heteroatoms. The van der Waals surface area contributed by atoms with E-state index in [1.807, 2.05) is 0 Å². The van der Waals surface area contributed by atoms with Crippen LogP contribution in [-0.4, -0.2) is 31.6 Å². The Kier molecular flexibility index (Phi) is 5.51. The number of ether oxygens (including phenoxy) is 2. The van der Waals surface area contributed by atoms with E-state index in [-0.39, 0.29) is 11.3 Å². The molecule has 0 saturated heterocycles. The first-order valence-corrected chi connectivity index (χ1v) is 7.01. The first-order valence-electron chi connectivity index (χ1n) is 7.01. The van der Waals surface area contributed by atoms with Crippen molar-refractivity contribution in [1.82, 2.24) is 0 Å². The highest BCUT2D eigenvalue weighted by molar-refractivity contribution is 5.98. The van der Waals surface area contributed by atoms with E-state index in [2.05, 4.69) is 10.1 Å². The van der Waals surface area contributed by atoms with E-state index in [4.69, 9.17) is 10.5 Å². The molecule has 3 N–H and O–H groups in total. The fourth-order valence-electron chi connectivity index (χ4n) is 1.90. The number of carbonyl (C=O) groups is 3. The summed E-state index contributed by atoms with van der Waals surface area (Å²) in [6.07, 6.45) is 0. The number of nitrogens with one attached hydrogen (secondary N) is 1. The third-order valence-corrected chi connectivity index (χ3v) is 3.10. The molecule has 1 amide bonds. The Balaban J connectivity index is 1.88. The van der Waals surface area contributed by atoms with Gasteiger partial charge in [-0.1, -0.05) is 12.1 Å². The van der Waals surface area contributed by atoms with E-state index in [1.54, 1.807) is 30.3 Å². The van der Waals surface area contributed by atoms with Gasteiger partial charge in [0.1, 0.15) is 0 Å². The molecular weight excluding hydrogens is 312 g/mol. The second-order valence-electron chi connectivity index (χ2n) is 4.78. The number of hydrogen-bond acceptors (Lipinski definition) is 6. The van der Waals surface area contributed by atoms with Crippen LogP contribution in [0, 0.1) is 0 Å². The van der Waals surface area contributed by atoms with Crippen molar-refractivity contribution >= 4 is 29.2 Å². The van der Waals surface area contributed by atoms with Gasteiger partial charge in [0.05, 0.1) is 18.2 Å². The number of rotatable bonds is 5. The summed E-state index contributed by atoms with van der Waals surface area (Å²) in [5.74, 6) is -1.66. The molecular formula is C17H16N2O5. The van der Waals surface area contributed by atoms with E-state index in [0.717, 1.165) is 0 Å². The lowest BCUT2D eigenvalue weighted by Gasteiger charge is -2.08. The number of nitrogen functional groups attached to an aromatic ring is 1. The normalized spacial score (nSPS) is 9.88. The lowest BCUT2D eigenvalue weighted by molar-refractivity contribution is -0.119. The number of benzene rings is 2. The molecule has 0 saturated carbocycles. The summed E-state index contributed by atoms with van der Waals surface area (Å²) in [7, 11) is 1.28. The number of para-hydroxylation sites is 1. The largest absolute Gasteiger partial charge is 0.465 e. The molecule has 0 bridgehead atoms. The molecule has 0 atom stereocenters. The van der Waals surface area contributed by atoms with Gasteiger partial charge in [-0.2, -0.15) is 0 Å². The van der Waals surface area contributed by atoms with Crippen LogP contribution in [0.2, 0.25) is 0 Å². The average Bonchev–Trinajstić information content (AvgIpc) is 2.60. The van der Waals surface area contributed by atoms with Crippen LogP contribution in [0.25, 0.3) is 0 Å². The minimum absolute atomic E-state index is 0.202. The molecule has 0 unspecified atom stereocenters. The molecule has 0 heterocycles. The molecule has 24 heavy (non-hydrogen) atoms. The first kappa shape index (κ1) is 17.0. The Morgan fingerprint density at radius 2 is 1.67 bits per heavy atom. The number of anilines is 2. The van der Waals surface area contributed by atoms with E-state index in [9.17, 15) is 14.4 Å². The van der Waals surface area contributed by atoms with Crippen molar-refractivity contribution in [3.63, 3.8) is 0 Å². The number of hydrogen-bond donors (Lipinski definition) is 2. The lowest BCUT2D eigenvalue weighted by atomic mass is 10.2. The Morgan fingerprint density at radius 1 is 1.00 bits per heavy atom. The average molecular weight is 328 g/mol. The first-order chi connectivity index (χ1) is 11.5. The standard InChI is InChI=1S/C17H16N2O5/c1-23-16(21)11-6-8-12(9-7-11)19-15(20)10-24-17(22)13-4-2-3-5-14(13)18/h2-9H,10,18H2,1H3,(H,19,20). The van der Waals surface area contributed by atoms with Gasteiger partial charge in [-0.3, -0.25) is 4.79 Å². The molecule has 2 aromatic carbocycles. The van der Waals surface area contributed by atoms with Crippen molar-refractivity contribution in [2.75, 3.05) is 24.8 Å². The van der Waals surface area contributed by atoms with E-state index >= 15 is 0 Å². The highest BCUT2D eigenvalue weighted by Gasteiger charge is 2.13. The molecule has 0 spiro atoms. The lowest BCUT2D eigenvalue weighted by Crippen LogP contribution is -2.21. The summed E-state index contributed by atoms with van der Waals surface area (Å²) in [6, 6.07) is 12.5. The molecule has 0 aliphatic heterocycles. The van der Waals surface area contributed by atoms with Crippen LogP contribution in [-0.2, 0) is 14.3 Å². The Morgan fingerprint density at radius 3 is 2.29 bits per heavy atom. The van der Waals surface area contributed by atoms with Crippen molar-refractivity contribution in [1.29, 1.82) is 0 Å². The molecule has 0 aromatic heterocycles. The van der Waals surface area contributed by atoms with Gasteiger partial charge >= 0.3 is 11.9 Å². The number of methoxy groups -OCH3 is 1. The minimum Gasteiger partial charge on any atom is -0.465 e. The summed E-state index contributed by atoms with van der Waals surface area (Å²) in [6.45, 7) is -0.452. The minimum atomic E-state index is -0.677. The topological polar surface area (TPSA) is 108 Å². The van der Waals surface area contributed by atoms with E-state index in [0.29, 0.717) is 11.3 Å². The van der Waals surface area contributed by atoms with Crippen LogP contribution in [0.4, 0.5) is 11.4 Å². The maximum absolute atomic E-state index is 11.8. The Hall–Kier alpha value is -3.35. The quantitative estimate of drug-likeness (QED) is 0.640. The number of nitrogens with two attached hydrogens (primary N) is 1. The van der Waals surface area contributed by atoms with Crippen LogP contribution in [0.5, 0.6) is 0 Å². The molecule has 0 aliphatic rings. The molecule has 2 aromatic rings. The van der Waals surface area contributed by atoms with Gasteiger partial charge in [-0.05, 0) is 36.4 Å². The highest BCUT2D eigenvalue weighted by Crippen LogP contribution is 2.12. The zero-order valence-corrected chi connectivity index (χ0v) is 12.9. The van der Waals surface area contributed by atoms with Gasteiger partial charge in [0.15, 0.2) is 6.61 Å². The van der Waals surface area contributed by atoms with E-state index in [1.165, 1.54) is 25.3 Å². The van der Waals surface area contributed by atoms with Crippen molar-refractivity contribution in [3.8, 4) is 0 Å². The summed E-state index contributed by atoms with van der Waals surface area (Å²) >= 11 is 0. The van der Waals surface area contributed by atoms with E-state index < -0.39 is 24.5 Å². The molecule has 0 aliphatic carbocycles. The van der Waals surface area contributed by atoms with Crippen molar-refractivity contribution in [2.45, 2.75) is 0 Å². The number of carbonyl (C=O) groups excluding carboxylic acids is 3. The van der Waals surface area contributed by atoms with Gasteiger partial charge < -0.3 is 20.5 Å². The van der Waals surface area contributed by atoms with Crippen LogP contribution in [0.15, 0.2) is 48.5 Å². The fourth-order valence-corrected chi connectivity index (χ4v) is 1.90. The van der Waals surface area contributed by atoms with Crippen LogP contribution in [0.3, 0.4) is 0 Å². The van der Waals surface area contributed by atoms with Crippen LogP contribution >= 0.6 is 0 Å². The van der Waals surface area contributed by atoms with Gasteiger partial charge in [0.2, 0.25) is 0 Å². The van der Waals surface area contributed by atoms with Crippen LogP contribution in [0.1, 0.15) is 20.7 Å². The van der Waals surface area contributed by atoms with Crippen LogP contribution < -0.4 is 11.1 Å². The number of esters is 2. The Bertz CT molecular complexity index is 756.